The van der Waals surface area contributed by atoms with Crippen LogP contribution in [0.1, 0.15) is 39.2 Å². The van der Waals surface area contributed by atoms with Gasteiger partial charge in [0.2, 0.25) is 0 Å². The van der Waals surface area contributed by atoms with E-state index in [1.807, 2.05) is 20.5 Å². The molecule has 1 aliphatic rings. The Morgan fingerprint density at radius 3 is 2.32 bits per heavy atom. The Morgan fingerprint density at radius 2 is 1.79 bits per heavy atom. The molecule has 0 aromatic heterocycles. The largest absolute Gasteiger partial charge is 0.371 e. The summed E-state index contributed by atoms with van der Waals surface area (Å²) in [5.74, 6) is 0.805. The predicted molar refractivity (Wildman–Crippen MR) is 92.4 cm³/mol. The highest BCUT2D eigenvalue weighted by atomic mass is 31.0. The lowest BCUT2D eigenvalue weighted by Gasteiger charge is -2.34. The van der Waals surface area contributed by atoms with E-state index in [-0.39, 0.29) is 0 Å². The standard InChI is InChI=1S/C14H19N.C2H6.CH5P/c1-12-7-6-10-15(11-12)13(2)14-8-4-3-5-9-14;2*1-2/h3-5,8-9,12H,2,6-7,10-11H2,1H3;1-2H3;2H2,1H3/t12-;;/m1../s1. The van der Waals surface area contributed by atoms with Crippen molar-refractivity contribution in [3.63, 3.8) is 0 Å². The summed E-state index contributed by atoms with van der Waals surface area (Å²) in [7, 11) is 2.42. The maximum Gasteiger partial charge on any atom is 0.0366 e. The first-order chi connectivity index (χ1) is 9.27. The molecule has 2 atom stereocenters. The van der Waals surface area contributed by atoms with E-state index in [0.29, 0.717) is 0 Å². The summed E-state index contributed by atoms with van der Waals surface area (Å²) < 4.78 is 0. The SMILES string of the molecule is C=C(c1ccccc1)N1CCC[C@@H](C)C1.CC.CP. The number of benzene rings is 1. The maximum atomic E-state index is 4.21. The van der Waals surface area contributed by atoms with Gasteiger partial charge in [0.15, 0.2) is 0 Å². The van der Waals surface area contributed by atoms with Crippen molar-refractivity contribution < 1.29 is 0 Å². The molecule has 1 aliphatic heterocycles. The fourth-order valence-corrected chi connectivity index (χ4v) is 2.25. The zero-order chi connectivity index (χ0) is 14.7. The molecular weight excluding hydrogens is 249 g/mol. The van der Waals surface area contributed by atoms with Crippen molar-refractivity contribution in [3.05, 3.63) is 42.5 Å². The van der Waals surface area contributed by atoms with Crippen molar-refractivity contribution in [2.75, 3.05) is 19.8 Å². The summed E-state index contributed by atoms with van der Waals surface area (Å²) in [6.45, 7) is 14.8. The molecule has 0 bridgehead atoms. The van der Waals surface area contributed by atoms with Crippen LogP contribution < -0.4 is 0 Å². The number of rotatable bonds is 2. The third kappa shape index (κ3) is 6.25. The molecular formula is C17H30NP. The first-order valence-corrected chi connectivity index (χ1v) is 8.50. The molecule has 1 saturated heterocycles. The quantitative estimate of drug-likeness (QED) is 0.695. The zero-order valence-electron chi connectivity index (χ0n) is 13.0. The smallest absolute Gasteiger partial charge is 0.0366 e. The van der Waals surface area contributed by atoms with Crippen LogP contribution in [-0.4, -0.2) is 24.7 Å². The van der Waals surface area contributed by atoms with E-state index >= 15 is 0 Å². The number of nitrogens with zero attached hydrogens (tertiary/aromatic N) is 1. The van der Waals surface area contributed by atoms with Crippen LogP contribution in [0.4, 0.5) is 0 Å². The summed E-state index contributed by atoms with van der Waals surface area (Å²) in [5, 5.41) is 0. The molecule has 0 aliphatic carbocycles. The molecule has 0 spiro atoms. The van der Waals surface area contributed by atoms with Gasteiger partial charge in [-0.15, -0.1) is 9.24 Å². The van der Waals surface area contributed by atoms with Gasteiger partial charge in [0.1, 0.15) is 0 Å². The highest BCUT2D eigenvalue weighted by Gasteiger charge is 2.17. The lowest BCUT2D eigenvalue weighted by Crippen LogP contribution is -2.32. The molecule has 0 saturated carbocycles. The topological polar surface area (TPSA) is 3.24 Å². The van der Waals surface area contributed by atoms with Crippen LogP contribution in [0.25, 0.3) is 5.70 Å². The first-order valence-electron chi connectivity index (χ1n) is 7.34. The van der Waals surface area contributed by atoms with E-state index in [4.69, 9.17) is 0 Å². The van der Waals surface area contributed by atoms with Gasteiger partial charge in [-0.2, -0.15) is 0 Å². The summed E-state index contributed by atoms with van der Waals surface area (Å²) in [5.41, 5.74) is 2.44. The fraction of sp³-hybridized carbons (Fsp3) is 0.529. The molecule has 1 aromatic rings. The maximum absolute atomic E-state index is 4.21. The Bertz CT molecular complexity index is 334. The molecule has 0 N–H and O–H groups in total. The zero-order valence-corrected chi connectivity index (χ0v) is 14.2. The lowest BCUT2D eigenvalue weighted by atomic mass is 9.99. The first kappa shape index (κ1) is 18.2. The van der Waals surface area contributed by atoms with Gasteiger partial charge < -0.3 is 4.90 Å². The second-order valence-electron chi connectivity index (χ2n) is 4.51. The molecule has 0 radical (unpaired) electrons. The highest BCUT2D eigenvalue weighted by molar-refractivity contribution is 7.15. The molecule has 1 aromatic carbocycles. The van der Waals surface area contributed by atoms with E-state index in [2.05, 4.69) is 58.0 Å². The summed E-state index contributed by atoms with van der Waals surface area (Å²) >= 11 is 0. The lowest BCUT2D eigenvalue weighted by molar-refractivity contribution is 0.261. The van der Waals surface area contributed by atoms with Gasteiger partial charge in [-0.05, 0) is 24.3 Å². The molecule has 1 heterocycles. The Morgan fingerprint density at radius 1 is 1.21 bits per heavy atom. The molecule has 19 heavy (non-hydrogen) atoms. The third-order valence-electron chi connectivity index (χ3n) is 3.15. The van der Waals surface area contributed by atoms with Crippen molar-refractivity contribution in [3.8, 4) is 0 Å². The van der Waals surface area contributed by atoms with Crippen LogP contribution in [0, 0.1) is 5.92 Å². The molecule has 108 valence electrons. The molecule has 2 heteroatoms. The van der Waals surface area contributed by atoms with Crippen LogP contribution in [0.15, 0.2) is 36.9 Å². The minimum atomic E-state index is 0.805. The van der Waals surface area contributed by atoms with Crippen molar-refractivity contribution in [2.24, 2.45) is 5.92 Å². The number of hydrogen-bond donors (Lipinski definition) is 0. The summed E-state index contributed by atoms with van der Waals surface area (Å²) in [6, 6.07) is 10.5. The molecule has 1 nitrogen and oxygen atoms in total. The highest BCUT2D eigenvalue weighted by Crippen LogP contribution is 2.24. The second kappa shape index (κ2) is 11.1. The Hall–Kier alpha value is -0.810. The molecule has 1 fully saturated rings. The van der Waals surface area contributed by atoms with Crippen LogP contribution in [0.5, 0.6) is 0 Å². The molecule has 2 rings (SSSR count). The number of piperidine rings is 1. The third-order valence-corrected chi connectivity index (χ3v) is 3.15. The van der Waals surface area contributed by atoms with Gasteiger partial charge in [0, 0.05) is 18.8 Å². The average Bonchev–Trinajstić information content (AvgIpc) is 2.51. The minimum absolute atomic E-state index is 0.805. The van der Waals surface area contributed by atoms with Crippen molar-refractivity contribution in [1.29, 1.82) is 0 Å². The summed E-state index contributed by atoms with van der Waals surface area (Å²) in [6.07, 6.45) is 2.66. The van der Waals surface area contributed by atoms with Gasteiger partial charge in [-0.3, -0.25) is 0 Å². The Balaban J connectivity index is 0.000000741. The second-order valence-corrected chi connectivity index (χ2v) is 4.51. The minimum Gasteiger partial charge on any atom is -0.371 e. The van der Waals surface area contributed by atoms with Crippen LogP contribution >= 0.6 is 9.24 Å². The van der Waals surface area contributed by atoms with Crippen LogP contribution in [0.3, 0.4) is 0 Å². The Labute approximate surface area is 122 Å². The molecule has 1 unspecified atom stereocenters. The fourth-order valence-electron chi connectivity index (χ4n) is 2.25. The monoisotopic (exact) mass is 279 g/mol. The van der Waals surface area contributed by atoms with Crippen LogP contribution in [0.2, 0.25) is 0 Å². The Kier molecular flexibility index (Phi) is 10.6. The van der Waals surface area contributed by atoms with Crippen molar-refractivity contribution >= 4 is 14.9 Å². The van der Waals surface area contributed by atoms with E-state index in [1.54, 1.807) is 0 Å². The predicted octanol–water partition coefficient (Wildman–Crippen LogP) is 4.91. The van der Waals surface area contributed by atoms with Gasteiger partial charge >= 0.3 is 0 Å². The van der Waals surface area contributed by atoms with E-state index < -0.39 is 0 Å². The van der Waals surface area contributed by atoms with Gasteiger partial charge in [-0.25, -0.2) is 0 Å². The van der Waals surface area contributed by atoms with Crippen molar-refractivity contribution in [1.82, 2.24) is 4.90 Å². The van der Waals surface area contributed by atoms with Gasteiger partial charge in [-0.1, -0.05) is 64.3 Å². The van der Waals surface area contributed by atoms with Crippen LogP contribution in [-0.2, 0) is 0 Å². The average molecular weight is 279 g/mol. The van der Waals surface area contributed by atoms with Gasteiger partial charge in [0.25, 0.3) is 0 Å². The van der Waals surface area contributed by atoms with Gasteiger partial charge in [0.05, 0.1) is 0 Å². The number of hydrogen-bond acceptors (Lipinski definition) is 1. The van der Waals surface area contributed by atoms with Crippen molar-refractivity contribution in [2.45, 2.75) is 33.6 Å². The van der Waals surface area contributed by atoms with E-state index in [1.165, 1.54) is 24.1 Å². The van der Waals surface area contributed by atoms with E-state index in [0.717, 1.165) is 19.0 Å². The summed E-state index contributed by atoms with van der Waals surface area (Å²) in [4.78, 5) is 2.42. The molecule has 0 amide bonds. The number of likely N-dealkylation sites (tertiary alicyclic amines) is 1. The normalized spacial score (nSPS) is 17.5. The van der Waals surface area contributed by atoms with E-state index in [9.17, 15) is 0 Å².